The van der Waals surface area contributed by atoms with Crippen molar-refractivity contribution in [3.05, 3.63) is 156 Å². The highest BCUT2D eigenvalue weighted by Gasteiger charge is 2.29. The van der Waals surface area contributed by atoms with Crippen LogP contribution in [0, 0.1) is 0 Å². The number of carbonyl (C=O) groups is 3. The highest BCUT2D eigenvalue weighted by molar-refractivity contribution is 5.89. The van der Waals surface area contributed by atoms with Crippen LogP contribution in [-0.4, -0.2) is 58.5 Å². The molecule has 5 aromatic rings. The molecule has 4 aromatic carbocycles. The first-order chi connectivity index (χ1) is 24.5. The second kappa shape index (κ2) is 19.2. The number of aromatic nitrogens is 2. The number of hydrogen-bond donors (Lipinski definition) is 3. The molecule has 50 heavy (non-hydrogen) atoms. The third-order valence-corrected chi connectivity index (χ3v) is 7.64. The quantitative estimate of drug-likeness (QED) is 0.109. The van der Waals surface area contributed by atoms with Gasteiger partial charge < -0.3 is 34.7 Å². The van der Waals surface area contributed by atoms with Gasteiger partial charge in [0, 0.05) is 25.7 Å². The van der Waals surface area contributed by atoms with Crippen LogP contribution in [0.3, 0.4) is 0 Å². The maximum Gasteiger partial charge on any atom is 0.408 e. The van der Waals surface area contributed by atoms with Gasteiger partial charge in [-0.15, -0.1) is 0 Å². The lowest BCUT2D eigenvalue weighted by atomic mass is 10.1. The van der Waals surface area contributed by atoms with E-state index in [-0.39, 0.29) is 38.6 Å². The fraction of sp³-hybridized carbons (Fsp3) is 0.231. The molecule has 0 aliphatic carbocycles. The Morgan fingerprint density at radius 2 is 1.36 bits per heavy atom. The SMILES string of the molecule is O=C(CN(Cc1ccc(OCc2ccccc2)cc1)C(=O)[C@H](Cc1c[nH]cn1)NC(=O)OCc1ccccc1)NCCOCc1ccccc1. The number of carbonyl (C=O) groups excluding carboxylic acids is 3. The van der Waals surface area contributed by atoms with Crippen LogP contribution in [0.2, 0.25) is 0 Å². The molecule has 1 atom stereocenters. The van der Waals surface area contributed by atoms with Crippen molar-refractivity contribution in [2.24, 2.45) is 0 Å². The predicted molar refractivity (Wildman–Crippen MR) is 188 cm³/mol. The van der Waals surface area contributed by atoms with Crippen LogP contribution in [0.1, 0.15) is 27.9 Å². The molecule has 0 saturated carbocycles. The van der Waals surface area contributed by atoms with Gasteiger partial charge in [0.05, 0.1) is 31.8 Å². The van der Waals surface area contributed by atoms with Crippen LogP contribution < -0.4 is 15.4 Å². The first-order valence-electron chi connectivity index (χ1n) is 16.4. The van der Waals surface area contributed by atoms with Crippen molar-refractivity contribution in [2.75, 3.05) is 19.7 Å². The summed E-state index contributed by atoms with van der Waals surface area (Å²) in [7, 11) is 0. The van der Waals surface area contributed by atoms with Crippen molar-refractivity contribution in [3.63, 3.8) is 0 Å². The molecule has 11 nitrogen and oxygen atoms in total. The van der Waals surface area contributed by atoms with Gasteiger partial charge in [-0.1, -0.05) is 103 Å². The van der Waals surface area contributed by atoms with E-state index in [4.69, 9.17) is 14.2 Å². The number of hydrogen-bond acceptors (Lipinski definition) is 7. The smallest absolute Gasteiger partial charge is 0.408 e. The first-order valence-corrected chi connectivity index (χ1v) is 16.4. The topological polar surface area (TPSA) is 135 Å². The molecule has 0 unspecified atom stereocenters. The minimum atomic E-state index is -1.06. The summed E-state index contributed by atoms with van der Waals surface area (Å²) < 4.78 is 17.0. The fourth-order valence-corrected chi connectivity index (χ4v) is 5.06. The molecule has 0 aliphatic heterocycles. The first kappa shape index (κ1) is 35.4. The summed E-state index contributed by atoms with van der Waals surface area (Å²) in [5.41, 5.74) is 4.22. The standard InChI is InChI=1S/C39H41N5O6/c45-37(41-20-21-48-26-31-10-4-1-5-11-31)25-44(24-30-16-18-35(19-17-30)49-27-32-12-6-2-7-13-32)38(46)36(22-34-23-40-29-42-34)43-39(47)50-28-33-14-8-3-9-15-33/h1-19,23,29,36H,20-22,24-28H2,(H,40,42)(H,41,45)(H,43,47)/t36-/m0/s1. The van der Waals surface area contributed by atoms with Crippen molar-refractivity contribution in [1.82, 2.24) is 25.5 Å². The minimum absolute atomic E-state index is 0.0349. The van der Waals surface area contributed by atoms with E-state index in [1.54, 1.807) is 6.20 Å². The van der Waals surface area contributed by atoms with Gasteiger partial charge in [0.25, 0.3) is 0 Å². The summed E-state index contributed by atoms with van der Waals surface area (Å²) in [6.07, 6.45) is 2.47. The van der Waals surface area contributed by atoms with Crippen LogP contribution in [0.15, 0.2) is 128 Å². The van der Waals surface area contributed by atoms with E-state index < -0.39 is 18.0 Å². The summed E-state index contributed by atoms with van der Waals surface area (Å²) in [5, 5.41) is 5.54. The number of H-pyrrole nitrogens is 1. The number of amides is 3. The van der Waals surface area contributed by atoms with Crippen molar-refractivity contribution in [2.45, 2.75) is 38.8 Å². The Balaban J connectivity index is 1.24. The monoisotopic (exact) mass is 675 g/mol. The van der Waals surface area contributed by atoms with Crippen LogP contribution >= 0.6 is 0 Å². The lowest BCUT2D eigenvalue weighted by Gasteiger charge is -2.27. The number of rotatable bonds is 18. The number of benzene rings is 4. The van der Waals surface area contributed by atoms with E-state index in [2.05, 4.69) is 20.6 Å². The second-order valence-corrected chi connectivity index (χ2v) is 11.5. The minimum Gasteiger partial charge on any atom is -0.489 e. The van der Waals surface area contributed by atoms with Gasteiger partial charge >= 0.3 is 6.09 Å². The lowest BCUT2D eigenvalue weighted by molar-refractivity contribution is -0.138. The van der Waals surface area contributed by atoms with Gasteiger partial charge in [0.2, 0.25) is 11.8 Å². The molecule has 0 saturated heterocycles. The lowest BCUT2D eigenvalue weighted by Crippen LogP contribution is -2.52. The zero-order chi connectivity index (χ0) is 34.8. The Morgan fingerprint density at radius 3 is 1.98 bits per heavy atom. The molecule has 0 fully saturated rings. The summed E-state index contributed by atoms with van der Waals surface area (Å²) in [5.74, 6) is -0.165. The van der Waals surface area contributed by atoms with Crippen LogP contribution in [-0.2, 0) is 51.8 Å². The molecule has 3 amide bonds. The molecular formula is C39H41N5O6. The zero-order valence-corrected chi connectivity index (χ0v) is 27.7. The number of alkyl carbamates (subject to hydrolysis) is 1. The molecule has 0 aliphatic rings. The molecule has 258 valence electrons. The average molecular weight is 676 g/mol. The number of imidazole rings is 1. The second-order valence-electron chi connectivity index (χ2n) is 11.5. The van der Waals surface area contributed by atoms with Gasteiger partial charge in [-0.25, -0.2) is 9.78 Å². The largest absolute Gasteiger partial charge is 0.489 e. The predicted octanol–water partition coefficient (Wildman–Crippen LogP) is 5.19. The van der Waals surface area contributed by atoms with Crippen LogP contribution in [0.4, 0.5) is 4.79 Å². The van der Waals surface area contributed by atoms with Crippen molar-refractivity contribution < 1.29 is 28.6 Å². The Hall–Kier alpha value is -5.94. The fourth-order valence-electron chi connectivity index (χ4n) is 5.06. The maximum absolute atomic E-state index is 14.2. The van der Waals surface area contributed by atoms with E-state index in [0.717, 1.165) is 22.3 Å². The van der Waals surface area contributed by atoms with Gasteiger partial charge in [-0.2, -0.15) is 0 Å². The Kier molecular flexibility index (Phi) is 13.6. The molecule has 0 bridgehead atoms. The number of aromatic amines is 1. The Morgan fingerprint density at radius 1 is 0.740 bits per heavy atom. The van der Waals surface area contributed by atoms with Gasteiger partial charge in [-0.05, 0) is 34.4 Å². The van der Waals surface area contributed by atoms with Crippen molar-refractivity contribution >= 4 is 17.9 Å². The molecule has 5 rings (SSSR count). The zero-order valence-electron chi connectivity index (χ0n) is 27.7. The molecule has 0 radical (unpaired) electrons. The number of nitrogens with one attached hydrogen (secondary N) is 3. The van der Waals surface area contributed by atoms with Crippen LogP contribution in [0.5, 0.6) is 5.75 Å². The highest BCUT2D eigenvalue weighted by atomic mass is 16.5. The summed E-state index contributed by atoms with van der Waals surface area (Å²) in [6, 6.07) is 35.1. The maximum atomic E-state index is 14.2. The van der Waals surface area contributed by atoms with Crippen LogP contribution in [0.25, 0.3) is 0 Å². The van der Waals surface area contributed by atoms with E-state index >= 15 is 0 Å². The van der Waals surface area contributed by atoms with E-state index in [0.29, 0.717) is 31.3 Å². The normalized spacial score (nSPS) is 11.3. The van der Waals surface area contributed by atoms with Gasteiger partial charge in [-0.3, -0.25) is 9.59 Å². The third-order valence-electron chi connectivity index (χ3n) is 7.64. The van der Waals surface area contributed by atoms with Crippen molar-refractivity contribution in [3.8, 4) is 5.75 Å². The molecule has 3 N–H and O–H groups in total. The average Bonchev–Trinajstić information content (AvgIpc) is 3.67. The summed E-state index contributed by atoms with van der Waals surface area (Å²) in [4.78, 5) is 48.8. The molecule has 1 heterocycles. The number of nitrogens with zero attached hydrogens (tertiary/aromatic N) is 2. The Bertz CT molecular complexity index is 1740. The van der Waals surface area contributed by atoms with Crippen molar-refractivity contribution in [1.29, 1.82) is 0 Å². The van der Waals surface area contributed by atoms with E-state index in [1.165, 1.54) is 11.2 Å². The molecule has 1 aromatic heterocycles. The van der Waals surface area contributed by atoms with E-state index in [9.17, 15) is 14.4 Å². The summed E-state index contributed by atoms with van der Waals surface area (Å²) >= 11 is 0. The number of ether oxygens (including phenoxy) is 3. The van der Waals surface area contributed by atoms with Gasteiger partial charge in [0.1, 0.15) is 25.0 Å². The summed E-state index contributed by atoms with van der Waals surface area (Å²) in [6.45, 7) is 1.30. The third kappa shape index (κ3) is 11.9. The molecule has 0 spiro atoms. The highest BCUT2D eigenvalue weighted by Crippen LogP contribution is 2.17. The van der Waals surface area contributed by atoms with E-state index in [1.807, 2.05) is 115 Å². The molecular weight excluding hydrogens is 634 g/mol. The van der Waals surface area contributed by atoms with Gasteiger partial charge in [0.15, 0.2) is 0 Å². The molecule has 11 heteroatoms. The Labute approximate surface area is 291 Å².